The van der Waals surface area contributed by atoms with Gasteiger partial charge >= 0.3 is 0 Å². The van der Waals surface area contributed by atoms with E-state index in [1.165, 1.54) is 0 Å². The van der Waals surface area contributed by atoms with E-state index in [0.29, 0.717) is 6.42 Å². The van der Waals surface area contributed by atoms with Gasteiger partial charge in [0.15, 0.2) is 0 Å². The van der Waals surface area contributed by atoms with Crippen molar-refractivity contribution in [1.82, 2.24) is 0 Å². The number of anilines is 1. The van der Waals surface area contributed by atoms with Gasteiger partial charge in [-0.15, -0.1) is 0 Å². The second-order valence-electron chi connectivity index (χ2n) is 4.66. The number of hydrogen-bond donors (Lipinski definition) is 2. The Hall–Kier alpha value is -0.870. The third-order valence-electron chi connectivity index (χ3n) is 3.08. The molecule has 0 radical (unpaired) electrons. The topological polar surface area (TPSA) is 55.1 Å². The fourth-order valence-corrected chi connectivity index (χ4v) is 2.38. The molecule has 0 saturated carbocycles. The van der Waals surface area contributed by atoms with E-state index in [1.54, 1.807) is 0 Å². The van der Waals surface area contributed by atoms with Crippen LogP contribution < -0.4 is 11.1 Å². The first kappa shape index (κ1) is 16.2. The molecule has 1 rings (SSSR count). The van der Waals surface area contributed by atoms with Crippen molar-refractivity contribution in [2.24, 2.45) is 5.73 Å². The number of rotatable bonds is 8. The lowest BCUT2D eigenvalue weighted by molar-refractivity contribution is -0.116. The first-order chi connectivity index (χ1) is 9.17. The van der Waals surface area contributed by atoms with Crippen LogP contribution in [0.5, 0.6) is 0 Å². The molecule has 0 saturated heterocycles. The summed E-state index contributed by atoms with van der Waals surface area (Å²) >= 11 is 3.45. The molecule has 1 aromatic carbocycles. The Morgan fingerprint density at radius 1 is 1.26 bits per heavy atom. The number of halogens is 1. The van der Waals surface area contributed by atoms with Crippen LogP contribution in [0.3, 0.4) is 0 Å². The van der Waals surface area contributed by atoms with Crippen molar-refractivity contribution in [1.29, 1.82) is 0 Å². The summed E-state index contributed by atoms with van der Waals surface area (Å²) in [5.74, 6) is 0.102. The Morgan fingerprint density at radius 2 is 2.00 bits per heavy atom. The van der Waals surface area contributed by atoms with Crippen molar-refractivity contribution in [3.05, 3.63) is 28.2 Å². The maximum Gasteiger partial charge on any atom is 0.224 e. The fraction of sp³-hybridized carbons (Fsp3) is 0.533. The summed E-state index contributed by atoms with van der Waals surface area (Å²) in [5.41, 5.74) is 7.52. The molecule has 1 amide bonds. The molecule has 19 heavy (non-hydrogen) atoms. The van der Waals surface area contributed by atoms with Crippen LogP contribution in [0.25, 0.3) is 0 Å². The van der Waals surface area contributed by atoms with E-state index in [4.69, 9.17) is 5.73 Å². The number of hydrogen-bond acceptors (Lipinski definition) is 2. The Morgan fingerprint density at radius 3 is 2.68 bits per heavy atom. The summed E-state index contributed by atoms with van der Waals surface area (Å²) in [6, 6.07) is 5.96. The van der Waals surface area contributed by atoms with Crippen LogP contribution in [0.1, 0.15) is 44.6 Å². The number of carbonyl (C=O) groups is 1. The highest BCUT2D eigenvalue weighted by molar-refractivity contribution is 9.10. The van der Waals surface area contributed by atoms with Gasteiger partial charge in [-0.05, 0) is 49.6 Å². The van der Waals surface area contributed by atoms with E-state index in [0.717, 1.165) is 54.4 Å². The van der Waals surface area contributed by atoms with E-state index in [1.807, 2.05) is 12.1 Å². The van der Waals surface area contributed by atoms with Crippen LogP contribution in [-0.2, 0) is 11.2 Å². The monoisotopic (exact) mass is 326 g/mol. The molecule has 4 heteroatoms. The summed E-state index contributed by atoms with van der Waals surface area (Å²) in [6.45, 7) is 2.83. The van der Waals surface area contributed by atoms with Gasteiger partial charge in [0.1, 0.15) is 0 Å². The van der Waals surface area contributed by atoms with Crippen LogP contribution in [0, 0.1) is 0 Å². The predicted octanol–water partition coefficient (Wildman–Crippen LogP) is 3.86. The highest BCUT2D eigenvalue weighted by Crippen LogP contribution is 2.21. The smallest absolute Gasteiger partial charge is 0.224 e. The Balaban J connectivity index is 2.39. The molecule has 1 aromatic rings. The number of benzene rings is 1. The fourth-order valence-electron chi connectivity index (χ4n) is 1.97. The molecule has 0 aliphatic rings. The van der Waals surface area contributed by atoms with Crippen LogP contribution in [0.2, 0.25) is 0 Å². The van der Waals surface area contributed by atoms with Crippen molar-refractivity contribution in [3.8, 4) is 0 Å². The number of aryl methyl sites for hydroxylation is 1. The molecular weight excluding hydrogens is 304 g/mol. The van der Waals surface area contributed by atoms with E-state index in [9.17, 15) is 4.79 Å². The summed E-state index contributed by atoms with van der Waals surface area (Å²) in [7, 11) is 0. The van der Waals surface area contributed by atoms with E-state index < -0.39 is 0 Å². The quantitative estimate of drug-likeness (QED) is 0.712. The van der Waals surface area contributed by atoms with Gasteiger partial charge in [0.2, 0.25) is 5.91 Å². The van der Waals surface area contributed by atoms with Crippen LogP contribution >= 0.6 is 15.9 Å². The lowest BCUT2D eigenvalue weighted by Crippen LogP contribution is -2.12. The highest BCUT2D eigenvalue weighted by atomic mass is 79.9. The summed E-state index contributed by atoms with van der Waals surface area (Å²) < 4.78 is 1.05. The van der Waals surface area contributed by atoms with Crippen molar-refractivity contribution in [2.75, 3.05) is 11.9 Å². The molecule has 0 bridgehead atoms. The average Bonchev–Trinajstić information content (AvgIpc) is 2.40. The maximum absolute atomic E-state index is 11.9. The second kappa shape index (κ2) is 9.10. The summed E-state index contributed by atoms with van der Waals surface area (Å²) in [5, 5.41) is 3.00. The van der Waals surface area contributed by atoms with Crippen LogP contribution in [-0.4, -0.2) is 12.5 Å². The zero-order chi connectivity index (χ0) is 14.1. The van der Waals surface area contributed by atoms with Gasteiger partial charge in [0.25, 0.3) is 0 Å². The molecule has 0 aliphatic heterocycles. The minimum atomic E-state index is 0.102. The first-order valence-electron chi connectivity index (χ1n) is 6.95. The molecule has 0 unspecified atom stereocenters. The zero-order valence-corrected chi connectivity index (χ0v) is 13.1. The molecule has 0 heterocycles. The summed E-state index contributed by atoms with van der Waals surface area (Å²) in [6.07, 6.45) is 5.67. The number of carbonyl (C=O) groups excluding carboxylic acids is 1. The highest BCUT2D eigenvalue weighted by Gasteiger charge is 2.06. The zero-order valence-electron chi connectivity index (χ0n) is 11.5. The lowest BCUT2D eigenvalue weighted by atomic mass is 10.1. The van der Waals surface area contributed by atoms with Gasteiger partial charge in [0.05, 0.1) is 0 Å². The van der Waals surface area contributed by atoms with E-state index >= 15 is 0 Å². The van der Waals surface area contributed by atoms with Gasteiger partial charge in [0, 0.05) is 16.6 Å². The van der Waals surface area contributed by atoms with Gasteiger partial charge in [-0.3, -0.25) is 4.79 Å². The molecule has 3 N–H and O–H groups in total. The third kappa shape index (κ3) is 6.21. The van der Waals surface area contributed by atoms with Crippen LogP contribution in [0.4, 0.5) is 5.69 Å². The van der Waals surface area contributed by atoms with Crippen LogP contribution in [0.15, 0.2) is 22.7 Å². The van der Waals surface area contributed by atoms with E-state index in [2.05, 4.69) is 34.2 Å². The molecule has 0 spiro atoms. The van der Waals surface area contributed by atoms with Gasteiger partial charge in [-0.25, -0.2) is 0 Å². The second-order valence-corrected chi connectivity index (χ2v) is 5.57. The number of nitrogens with one attached hydrogen (secondary N) is 1. The molecule has 106 valence electrons. The number of unbranched alkanes of at least 4 members (excludes halogenated alkanes) is 3. The minimum Gasteiger partial charge on any atom is -0.330 e. The minimum absolute atomic E-state index is 0.102. The Bertz CT molecular complexity index is 407. The molecular formula is C15H23BrN2O. The van der Waals surface area contributed by atoms with E-state index in [-0.39, 0.29) is 5.91 Å². The normalized spacial score (nSPS) is 10.5. The number of nitrogens with two attached hydrogens (primary N) is 1. The van der Waals surface area contributed by atoms with Crippen molar-refractivity contribution in [3.63, 3.8) is 0 Å². The molecule has 0 atom stereocenters. The third-order valence-corrected chi connectivity index (χ3v) is 3.57. The standard InChI is InChI=1S/C15H23BrN2O/c1-2-12-11-13(16)8-9-14(12)18-15(19)7-5-3-4-6-10-17/h8-9,11H,2-7,10,17H2,1H3,(H,18,19). The summed E-state index contributed by atoms with van der Waals surface area (Å²) in [4.78, 5) is 11.9. The largest absolute Gasteiger partial charge is 0.330 e. The molecule has 0 aromatic heterocycles. The van der Waals surface area contributed by atoms with Gasteiger partial charge in [-0.2, -0.15) is 0 Å². The van der Waals surface area contributed by atoms with Gasteiger partial charge in [-0.1, -0.05) is 35.7 Å². The van der Waals surface area contributed by atoms with Crippen molar-refractivity contribution < 1.29 is 4.79 Å². The average molecular weight is 327 g/mol. The number of amides is 1. The molecule has 0 fully saturated rings. The van der Waals surface area contributed by atoms with Crippen molar-refractivity contribution >= 4 is 27.5 Å². The first-order valence-corrected chi connectivity index (χ1v) is 7.75. The lowest BCUT2D eigenvalue weighted by Gasteiger charge is -2.10. The molecule has 0 aliphatic carbocycles. The SMILES string of the molecule is CCc1cc(Br)ccc1NC(=O)CCCCCCN. The Kier molecular flexibility index (Phi) is 7.75. The predicted molar refractivity (Wildman–Crippen MR) is 84.3 cm³/mol. The maximum atomic E-state index is 11.9. The molecule has 3 nitrogen and oxygen atoms in total. The Labute approximate surface area is 124 Å². The van der Waals surface area contributed by atoms with Crippen molar-refractivity contribution in [2.45, 2.75) is 45.4 Å². The van der Waals surface area contributed by atoms with Gasteiger partial charge < -0.3 is 11.1 Å².